The molecule has 19 heavy (non-hydrogen) atoms. The van der Waals surface area contributed by atoms with Crippen molar-refractivity contribution in [1.82, 2.24) is 10.7 Å². The highest BCUT2D eigenvalue weighted by Gasteiger charge is 2.07. The molecule has 0 atom stereocenters. The monoisotopic (exact) mass is 285 g/mol. The molecule has 0 spiro atoms. The minimum absolute atomic E-state index is 0.0491. The van der Waals surface area contributed by atoms with Crippen molar-refractivity contribution in [2.75, 3.05) is 6.54 Å². The topological polar surface area (TPSA) is 45.7 Å². The summed E-state index contributed by atoms with van der Waals surface area (Å²) in [6.45, 7) is 1.15. The fourth-order valence-corrected chi connectivity index (χ4v) is 1.29. The number of para-hydroxylation sites is 1. The van der Waals surface area contributed by atoms with Crippen molar-refractivity contribution >= 4 is 23.5 Å². The maximum absolute atomic E-state index is 12.2. The van der Waals surface area contributed by atoms with E-state index in [2.05, 4.69) is 27.2 Å². The van der Waals surface area contributed by atoms with Crippen molar-refractivity contribution < 1.29 is 13.5 Å². The minimum atomic E-state index is -2.88. The highest BCUT2D eigenvalue weighted by atomic mass is 32.1. The van der Waals surface area contributed by atoms with Crippen LogP contribution in [0, 0.1) is 0 Å². The molecule has 0 radical (unpaired) electrons. The second-order valence-corrected chi connectivity index (χ2v) is 3.69. The molecule has 1 rings (SSSR count). The molecule has 0 aliphatic rings. The molecule has 7 heteroatoms. The van der Waals surface area contributed by atoms with Crippen molar-refractivity contribution in [1.29, 1.82) is 0 Å². The van der Waals surface area contributed by atoms with Gasteiger partial charge in [0.2, 0.25) is 0 Å². The summed E-state index contributed by atoms with van der Waals surface area (Å²) in [5.41, 5.74) is 2.96. The molecule has 0 saturated heterocycles. The lowest BCUT2D eigenvalue weighted by Crippen LogP contribution is -2.31. The van der Waals surface area contributed by atoms with Crippen LogP contribution < -0.4 is 15.5 Å². The Morgan fingerprint density at radius 3 is 2.89 bits per heavy atom. The first-order chi connectivity index (χ1) is 9.13. The molecule has 0 aromatic heterocycles. The average Bonchev–Trinajstić information content (AvgIpc) is 2.38. The number of halogens is 2. The van der Waals surface area contributed by atoms with Crippen LogP contribution in [0.25, 0.3) is 0 Å². The van der Waals surface area contributed by atoms with Crippen LogP contribution in [0.15, 0.2) is 42.0 Å². The van der Waals surface area contributed by atoms with Gasteiger partial charge < -0.3 is 10.1 Å². The third kappa shape index (κ3) is 5.91. The van der Waals surface area contributed by atoms with Gasteiger partial charge in [-0.05, 0) is 24.4 Å². The molecular weight excluding hydrogens is 272 g/mol. The number of hydrazone groups is 1. The summed E-state index contributed by atoms with van der Waals surface area (Å²) in [5, 5.41) is 6.94. The molecule has 0 aliphatic heterocycles. The molecular formula is C12H13F2N3OS. The number of alkyl halides is 2. The molecule has 0 fully saturated rings. The van der Waals surface area contributed by atoms with E-state index in [1.165, 1.54) is 12.3 Å². The molecule has 0 bridgehead atoms. The largest absolute Gasteiger partial charge is 0.434 e. The molecule has 102 valence electrons. The van der Waals surface area contributed by atoms with E-state index >= 15 is 0 Å². The van der Waals surface area contributed by atoms with Gasteiger partial charge in [-0.15, -0.1) is 6.58 Å². The van der Waals surface area contributed by atoms with E-state index in [1.54, 1.807) is 24.3 Å². The number of nitrogens with one attached hydrogen (secondary N) is 2. The molecule has 4 nitrogen and oxygen atoms in total. The Balaban J connectivity index is 2.60. The highest BCUT2D eigenvalue weighted by Crippen LogP contribution is 2.18. The predicted molar refractivity (Wildman–Crippen MR) is 74.6 cm³/mol. The summed E-state index contributed by atoms with van der Waals surface area (Å²) in [4.78, 5) is 0. The summed E-state index contributed by atoms with van der Waals surface area (Å²) in [5.74, 6) is 0.0491. The third-order valence-electron chi connectivity index (χ3n) is 1.91. The molecule has 1 aromatic carbocycles. The van der Waals surface area contributed by atoms with Gasteiger partial charge in [-0.1, -0.05) is 18.2 Å². The average molecular weight is 285 g/mol. The van der Waals surface area contributed by atoms with Gasteiger partial charge in [-0.3, -0.25) is 5.43 Å². The van der Waals surface area contributed by atoms with Gasteiger partial charge in [-0.2, -0.15) is 13.9 Å². The molecule has 0 aliphatic carbocycles. The van der Waals surface area contributed by atoms with Crippen LogP contribution in [0.2, 0.25) is 0 Å². The Kier molecular flexibility index (Phi) is 6.45. The molecule has 2 N–H and O–H groups in total. The van der Waals surface area contributed by atoms with Crippen molar-refractivity contribution in [2.45, 2.75) is 6.61 Å². The fraction of sp³-hybridized carbons (Fsp3) is 0.167. The molecule has 0 heterocycles. The second kappa shape index (κ2) is 8.15. The Hall–Kier alpha value is -2.02. The summed E-state index contributed by atoms with van der Waals surface area (Å²) in [6, 6.07) is 6.32. The smallest absolute Gasteiger partial charge is 0.387 e. The van der Waals surface area contributed by atoms with Gasteiger partial charge in [0.05, 0.1) is 6.21 Å². The van der Waals surface area contributed by atoms with Crippen LogP contribution in [-0.2, 0) is 0 Å². The van der Waals surface area contributed by atoms with Gasteiger partial charge in [0.25, 0.3) is 0 Å². The lowest BCUT2D eigenvalue weighted by Gasteiger charge is -2.07. The second-order valence-electron chi connectivity index (χ2n) is 3.29. The van der Waals surface area contributed by atoms with E-state index in [1.807, 2.05) is 0 Å². The first-order valence-corrected chi connectivity index (χ1v) is 5.76. The van der Waals surface area contributed by atoms with Gasteiger partial charge in [0.1, 0.15) is 5.75 Å². The number of hydrogen-bond donors (Lipinski definition) is 2. The van der Waals surface area contributed by atoms with Crippen LogP contribution in [0.4, 0.5) is 8.78 Å². The van der Waals surface area contributed by atoms with Gasteiger partial charge in [-0.25, -0.2) is 0 Å². The van der Waals surface area contributed by atoms with Crippen molar-refractivity contribution in [3.05, 3.63) is 42.5 Å². The first-order valence-electron chi connectivity index (χ1n) is 5.35. The van der Waals surface area contributed by atoms with Crippen LogP contribution in [-0.4, -0.2) is 24.5 Å². The van der Waals surface area contributed by atoms with Gasteiger partial charge in [0.15, 0.2) is 5.11 Å². The number of rotatable bonds is 6. The Labute approximate surface area is 115 Å². The summed E-state index contributed by atoms with van der Waals surface area (Å²) in [6.07, 6.45) is 2.99. The number of benzene rings is 1. The maximum atomic E-state index is 12.2. The Morgan fingerprint density at radius 2 is 2.21 bits per heavy atom. The Morgan fingerprint density at radius 1 is 1.47 bits per heavy atom. The first kappa shape index (κ1) is 15.0. The molecule has 0 unspecified atom stereocenters. The SMILES string of the molecule is C=CCNC(=S)NN=Cc1ccccc1OC(F)F. The zero-order chi connectivity index (χ0) is 14.1. The van der Waals surface area contributed by atoms with Crippen LogP contribution in [0.5, 0.6) is 5.75 Å². The zero-order valence-corrected chi connectivity index (χ0v) is 10.8. The van der Waals surface area contributed by atoms with Crippen molar-refractivity contribution in [3.8, 4) is 5.75 Å². The molecule has 1 aromatic rings. The lowest BCUT2D eigenvalue weighted by atomic mass is 10.2. The van der Waals surface area contributed by atoms with Gasteiger partial charge in [0, 0.05) is 12.1 Å². The van der Waals surface area contributed by atoms with Crippen LogP contribution >= 0.6 is 12.2 Å². The summed E-state index contributed by atoms with van der Waals surface area (Å²) in [7, 11) is 0. The van der Waals surface area contributed by atoms with Crippen LogP contribution in [0.1, 0.15) is 5.56 Å². The standard InChI is InChI=1S/C12H13F2N3OS/c1-2-7-15-12(19)17-16-8-9-5-3-4-6-10(9)18-11(13)14/h2-6,8,11H,1,7H2,(H2,15,17,19). The van der Waals surface area contributed by atoms with Crippen molar-refractivity contribution in [2.24, 2.45) is 5.10 Å². The van der Waals surface area contributed by atoms with Crippen molar-refractivity contribution in [3.63, 3.8) is 0 Å². The van der Waals surface area contributed by atoms with E-state index in [9.17, 15) is 8.78 Å². The normalized spacial score (nSPS) is 10.5. The fourth-order valence-electron chi connectivity index (χ4n) is 1.16. The summed E-state index contributed by atoms with van der Waals surface area (Å²) < 4.78 is 28.7. The van der Waals surface area contributed by atoms with E-state index in [4.69, 9.17) is 12.2 Å². The molecule has 0 saturated carbocycles. The molecule has 0 amide bonds. The number of nitrogens with zero attached hydrogens (tertiary/aromatic N) is 1. The number of thiocarbonyl (C=S) groups is 1. The van der Waals surface area contributed by atoms with E-state index < -0.39 is 6.61 Å². The highest BCUT2D eigenvalue weighted by molar-refractivity contribution is 7.80. The summed E-state index contributed by atoms with van der Waals surface area (Å²) >= 11 is 4.90. The third-order valence-corrected chi connectivity index (χ3v) is 2.15. The number of ether oxygens (including phenoxy) is 1. The predicted octanol–water partition coefficient (Wildman–Crippen LogP) is 2.27. The van der Waals surface area contributed by atoms with E-state index in [0.717, 1.165) is 0 Å². The van der Waals surface area contributed by atoms with Crippen LogP contribution in [0.3, 0.4) is 0 Å². The zero-order valence-electron chi connectivity index (χ0n) is 9.98. The quantitative estimate of drug-likeness (QED) is 0.364. The van der Waals surface area contributed by atoms with E-state index in [-0.39, 0.29) is 5.75 Å². The van der Waals surface area contributed by atoms with Gasteiger partial charge >= 0.3 is 6.61 Å². The van der Waals surface area contributed by atoms with E-state index in [0.29, 0.717) is 17.2 Å². The maximum Gasteiger partial charge on any atom is 0.387 e. The minimum Gasteiger partial charge on any atom is -0.434 e. The number of hydrogen-bond acceptors (Lipinski definition) is 3. The lowest BCUT2D eigenvalue weighted by molar-refractivity contribution is -0.0499. The Bertz CT molecular complexity index is 466.